The van der Waals surface area contributed by atoms with Crippen LogP contribution in [-0.4, -0.2) is 108 Å². The smallest absolute Gasteiger partial charge is 0.345 e. The summed E-state index contributed by atoms with van der Waals surface area (Å²) in [5, 5.41) is 44.6. The van der Waals surface area contributed by atoms with E-state index in [0.29, 0.717) is 88.2 Å². The first-order valence-corrected chi connectivity index (χ1v) is 20.4. The molecule has 6 aromatic rings. The largest absolute Gasteiger partial charge is 0.507 e. The molecule has 4 aliphatic rings. The van der Waals surface area contributed by atoms with Crippen molar-refractivity contribution >= 4 is 39.1 Å². The Morgan fingerprint density at radius 2 is 1.80 bits per heavy atom. The fourth-order valence-electron chi connectivity index (χ4n) is 7.33. The average molecular weight is 839 g/mol. The van der Waals surface area contributed by atoms with Crippen LogP contribution in [0, 0.1) is 0 Å². The van der Waals surface area contributed by atoms with Crippen molar-refractivity contribution in [2.45, 2.75) is 44.0 Å². The highest BCUT2D eigenvalue weighted by Crippen LogP contribution is 2.55. The number of carboxylic acid groups (broad SMARTS) is 1. The molecule has 17 heteroatoms. The molecule has 59 heavy (non-hydrogen) atoms. The molecule has 0 spiro atoms. The minimum Gasteiger partial charge on any atom is -0.507 e. The van der Waals surface area contributed by atoms with E-state index in [9.17, 15) is 25.3 Å². The molecule has 304 valence electrons. The summed E-state index contributed by atoms with van der Waals surface area (Å²) in [6.07, 6.45) is 2.66. The van der Waals surface area contributed by atoms with Crippen LogP contribution in [0.2, 0.25) is 5.02 Å². The number of thiophene rings is 1. The first kappa shape index (κ1) is 38.7. The fraction of sp³-hybridized carbons (Fsp3) is 0.310. The number of para-hydroxylation sites is 1. The summed E-state index contributed by atoms with van der Waals surface area (Å²) in [5.74, 6) is 0.265. The van der Waals surface area contributed by atoms with Gasteiger partial charge in [0, 0.05) is 66.9 Å². The van der Waals surface area contributed by atoms with Crippen LogP contribution in [-0.2, 0) is 17.8 Å². The topological polar surface area (TPSA) is 193 Å². The van der Waals surface area contributed by atoms with Crippen LogP contribution in [0.1, 0.15) is 34.9 Å². The van der Waals surface area contributed by atoms with Gasteiger partial charge in [0.1, 0.15) is 64.2 Å². The molecule has 15 nitrogen and oxygen atoms in total. The molecule has 2 fully saturated rings. The Morgan fingerprint density at radius 1 is 0.966 bits per heavy atom. The summed E-state index contributed by atoms with van der Waals surface area (Å²) in [6, 6.07) is 17.1. The normalized spacial score (nSPS) is 18.7. The number of nitrogens with zero attached hydrogens (tertiary/aromatic N) is 6. The molecule has 3 aromatic carbocycles. The SMILES string of the molecule is O=C(O)[C@H]1Cc2cc(ccc2OCc2ccnc(-c3ccccc3O)n2)OC[C@@H](CN2CCN(O)CC2)Oc2ccc(c(O)c2Cl)-c2c(C3CC3)sc3ncnc(c23)O1. The Morgan fingerprint density at radius 3 is 2.59 bits per heavy atom. The Labute approximate surface area is 347 Å². The van der Waals surface area contributed by atoms with E-state index in [1.54, 1.807) is 66.9 Å². The van der Waals surface area contributed by atoms with Gasteiger partial charge in [-0.15, -0.1) is 11.3 Å². The second-order valence-electron chi connectivity index (χ2n) is 14.6. The number of piperazine rings is 1. The van der Waals surface area contributed by atoms with E-state index in [4.69, 9.17) is 30.5 Å². The van der Waals surface area contributed by atoms with E-state index in [0.717, 1.165) is 17.7 Å². The molecule has 3 aromatic heterocycles. The van der Waals surface area contributed by atoms with Crippen molar-refractivity contribution in [2.24, 2.45) is 0 Å². The minimum absolute atomic E-state index is 0.00213. The Kier molecular flexibility index (Phi) is 10.8. The lowest BCUT2D eigenvalue weighted by Gasteiger charge is -2.33. The molecule has 6 heterocycles. The summed E-state index contributed by atoms with van der Waals surface area (Å²) in [7, 11) is 0. The fourth-order valence-corrected chi connectivity index (χ4v) is 8.86. The molecule has 4 bridgehead atoms. The maximum atomic E-state index is 13.1. The van der Waals surface area contributed by atoms with Crippen molar-refractivity contribution in [3.63, 3.8) is 0 Å². The second-order valence-corrected chi connectivity index (χ2v) is 16.1. The summed E-state index contributed by atoms with van der Waals surface area (Å²) < 4.78 is 25.5. The zero-order valence-electron chi connectivity index (χ0n) is 31.5. The summed E-state index contributed by atoms with van der Waals surface area (Å²) in [5.41, 5.74) is 2.54. The van der Waals surface area contributed by atoms with Crippen molar-refractivity contribution in [1.82, 2.24) is 29.9 Å². The first-order chi connectivity index (χ1) is 28.7. The van der Waals surface area contributed by atoms with Gasteiger partial charge in [0.15, 0.2) is 5.82 Å². The third-order valence-electron chi connectivity index (χ3n) is 10.5. The van der Waals surface area contributed by atoms with Gasteiger partial charge in [-0.25, -0.2) is 24.7 Å². The lowest BCUT2D eigenvalue weighted by Crippen LogP contribution is -2.49. The van der Waals surface area contributed by atoms with Crippen LogP contribution in [0.5, 0.6) is 34.6 Å². The Hall–Kier alpha value is -5.78. The number of carboxylic acids is 1. The van der Waals surface area contributed by atoms with Crippen LogP contribution in [0.4, 0.5) is 0 Å². The Balaban J connectivity index is 1.11. The first-order valence-electron chi connectivity index (χ1n) is 19.2. The highest BCUT2D eigenvalue weighted by molar-refractivity contribution is 7.19. The molecule has 3 aliphatic heterocycles. The zero-order valence-corrected chi connectivity index (χ0v) is 33.1. The van der Waals surface area contributed by atoms with Gasteiger partial charge in [0.05, 0.1) is 16.6 Å². The number of hydrogen-bond donors (Lipinski definition) is 4. The number of phenols is 2. The van der Waals surface area contributed by atoms with Crippen molar-refractivity contribution < 1.29 is 44.3 Å². The van der Waals surface area contributed by atoms with Gasteiger partial charge < -0.3 is 39.5 Å². The number of fused-ring (bicyclic) bond motifs is 7. The number of carbonyl (C=O) groups is 1. The van der Waals surface area contributed by atoms with E-state index in [-0.39, 0.29) is 53.7 Å². The van der Waals surface area contributed by atoms with Crippen molar-refractivity contribution in [2.75, 3.05) is 39.3 Å². The molecule has 4 N–H and O–H groups in total. The number of ether oxygens (including phenoxy) is 4. The van der Waals surface area contributed by atoms with E-state index in [1.807, 2.05) is 0 Å². The van der Waals surface area contributed by atoms with Gasteiger partial charge in [0.25, 0.3) is 0 Å². The van der Waals surface area contributed by atoms with E-state index >= 15 is 0 Å². The number of benzene rings is 3. The molecule has 1 saturated heterocycles. The van der Waals surface area contributed by atoms with Crippen LogP contribution in [0.3, 0.4) is 0 Å². The van der Waals surface area contributed by atoms with E-state index in [1.165, 1.54) is 22.7 Å². The lowest BCUT2D eigenvalue weighted by molar-refractivity contribution is -0.145. The number of halogens is 1. The predicted molar refractivity (Wildman–Crippen MR) is 217 cm³/mol. The van der Waals surface area contributed by atoms with Gasteiger partial charge in [0.2, 0.25) is 12.0 Å². The average Bonchev–Trinajstić information content (AvgIpc) is 4.01. The number of aromatic nitrogens is 4. The maximum absolute atomic E-state index is 13.1. The predicted octanol–water partition coefficient (Wildman–Crippen LogP) is 6.56. The molecule has 0 unspecified atom stereocenters. The molecule has 0 radical (unpaired) electrons. The van der Waals surface area contributed by atoms with Gasteiger partial charge in [-0.05, 0) is 67.3 Å². The maximum Gasteiger partial charge on any atom is 0.345 e. The summed E-state index contributed by atoms with van der Waals surface area (Å²) in [4.78, 5) is 34.7. The van der Waals surface area contributed by atoms with Crippen LogP contribution >= 0.6 is 22.9 Å². The number of phenolic OH excluding ortho intramolecular Hbond substituents is 2. The van der Waals surface area contributed by atoms with E-state index < -0.39 is 18.2 Å². The van der Waals surface area contributed by atoms with Crippen LogP contribution < -0.4 is 18.9 Å². The zero-order chi connectivity index (χ0) is 40.6. The molecule has 1 saturated carbocycles. The minimum atomic E-state index is -1.44. The van der Waals surface area contributed by atoms with Gasteiger partial charge in [-0.2, -0.15) is 5.06 Å². The highest BCUT2D eigenvalue weighted by Gasteiger charge is 2.35. The standard InChI is InChI=1S/C42H39ClN6O9S/c43-36-32-10-8-29(37(36)51)34-35-40(45-22-46-41(35)59-38(34)23-5-6-23)58-33(42(52)53)18-24-17-26(55-21-27(57-32)19-48-13-15-49(54)16-14-48)7-9-31(24)56-20-25-11-12-44-39(47-25)28-3-1-2-4-30(28)50/h1-4,7-12,17,22-23,27,33,50-51,54H,5-6,13-16,18-21H2,(H,52,53)/t27-,33-/m1/s1. The number of aromatic hydroxyl groups is 2. The molecule has 10 rings (SSSR count). The highest BCUT2D eigenvalue weighted by atomic mass is 35.5. The third-order valence-corrected chi connectivity index (χ3v) is 12.1. The second kappa shape index (κ2) is 16.5. The number of aliphatic carboxylic acids is 1. The quantitative estimate of drug-likeness (QED) is 0.129. The monoisotopic (exact) mass is 838 g/mol. The molecular weight excluding hydrogens is 800 g/mol. The number of hydroxylamine groups is 2. The van der Waals surface area contributed by atoms with Gasteiger partial charge >= 0.3 is 5.97 Å². The molecule has 1 aliphatic carbocycles. The van der Waals surface area contributed by atoms with Crippen LogP contribution in [0.15, 0.2) is 73.2 Å². The Bertz CT molecular complexity index is 2530. The lowest BCUT2D eigenvalue weighted by atomic mass is 10.00. The molecule has 0 amide bonds. The number of rotatable bonds is 8. The third kappa shape index (κ3) is 8.27. The van der Waals surface area contributed by atoms with Crippen molar-refractivity contribution in [3.05, 3.63) is 94.3 Å². The van der Waals surface area contributed by atoms with E-state index in [2.05, 4.69) is 24.8 Å². The molecule has 2 atom stereocenters. The summed E-state index contributed by atoms with van der Waals surface area (Å²) in [6.45, 7) is 2.63. The molecular formula is C42H39ClN6O9S. The van der Waals surface area contributed by atoms with Gasteiger partial charge in [-0.3, -0.25) is 4.90 Å². The number of hydrogen-bond acceptors (Lipinski definition) is 15. The van der Waals surface area contributed by atoms with Crippen LogP contribution in [0.25, 0.3) is 32.7 Å². The summed E-state index contributed by atoms with van der Waals surface area (Å²) >= 11 is 8.37. The van der Waals surface area contributed by atoms with Crippen molar-refractivity contribution in [1.29, 1.82) is 0 Å². The van der Waals surface area contributed by atoms with Crippen molar-refractivity contribution in [3.8, 4) is 57.1 Å². The van der Waals surface area contributed by atoms with Gasteiger partial charge in [-0.1, -0.05) is 23.7 Å².